The van der Waals surface area contributed by atoms with E-state index >= 15 is 0 Å². The molecule has 1 aromatic heterocycles. The van der Waals surface area contributed by atoms with Crippen molar-refractivity contribution < 1.29 is 9.90 Å². The van der Waals surface area contributed by atoms with E-state index in [-0.39, 0.29) is 23.9 Å². The first kappa shape index (κ1) is 12.3. The molecule has 0 saturated carbocycles. The molecule has 0 aliphatic carbocycles. The van der Waals surface area contributed by atoms with Crippen LogP contribution in [-0.2, 0) is 0 Å². The summed E-state index contributed by atoms with van der Waals surface area (Å²) in [7, 11) is 0. The number of carbonyl (C=O) groups excluding carboxylic acids is 1. The number of amides is 1. The van der Waals surface area contributed by atoms with Crippen molar-refractivity contribution in [2.75, 3.05) is 6.61 Å². The van der Waals surface area contributed by atoms with Gasteiger partial charge in [-0.1, -0.05) is 18.2 Å². The van der Waals surface area contributed by atoms with E-state index in [4.69, 9.17) is 5.11 Å². The highest BCUT2D eigenvalue weighted by Crippen LogP contribution is 2.12. The van der Waals surface area contributed by atoms with Gasteiger partial charge < -0.3 is 10.4 Å². The molecule has 0 aliphatic rings. The predicted octanol–water partition coefficient (Wildman–Crippen LogP) is 0.0337. The molecule has 0 spiro atoms. The van der Waals surface area contributed by atoms with Crippen LogP contribution in [0.3, 0.4) is 0 Å². The second-order valence-electron chi connectivity index (χ2n) is 4.00. The summed E-state index contributed by atoms with van der Waals surface area (Å²) in [6.07, 6.45) is 0. The molecule has 0 radical (unpaired) electrons. The van der Waals surface area contributed by atoms with E-state index in [1.807, 2.05) is 0 Å². The lowest BCUT2D eigenvalue weighted by atomic mass is 10.1. The first-order chi connectivity index (χ1) is 8.63. The van der Waals surface area contributed by atoms with Crippen molar-refractivity contribution in [1.82, 2.24) is 15.5 Å². The van der Waals surface area contributed by atoms with Crippen LogP contribution < -0.4 is 10.9 Å². The number of hydrogen-bond donors (Lipinski definition) is 3. The molecule has 0 aliphatic heterocycles. The monoisotopic (exact) mass is 247 g/mol. The molecule has 3 N–H and O–H groups in total. The fourth-order valence-electron chi connectivity index (χ4n) is 1.63. The third kappa shape index (κ3) is 2.23. The van der Waals surface area contributed by atoms with Gasteiger partial charge >= 0.3 is 0 Å². The molecule has 1 amide bonds. The van der Waals surface area contributed by atoms with E-state index in [1.165, 1.54) is 0 Å². The van der Waals surface area contributed by atoms with Gasteiger partial charge in [-0.3, -0.25) is 9.59 Å². The van der Waals surface area contributed by atoms with E-state index < -0.39 is 5.91 Å². The number of fused-ring (bicyclic) bond motifs is 1. The number of benzene rings is 1. The molecular weight excluding hydrogens is 234 g/mol. The Hall–Kier alpha value is -2.21. The van der Waals surface area contributed by atoms with E-state index in [2.05, 4.69) is 15.5 Å². The minimum absolute atomic E-state index is 0.144. The number of aromatic nitrogens is 2. The number of nitrogens with zero attached hydrogens (tertiary/aromatic N) is 1. The lowest BCUT2D eigenvalue weighted by Gasteiger charge is -2.10. The third-order valence-electron chi connectivity index (χ3n) is 2.56. The zero-order chi connectivity index (χ0) is 13.1. The number of carbonyl (C=O) groups is 1. The van der Waals surface area contributed by atoms with Crippen LogP contribution in [0, 0.1) is 0 Å². The Morgan fingerprint density at radius 3 is 2.78 bits per heavy atom. The highest BCUT2D eigenvalue weighted by atomic mass is 16.3. The maximum Gasteiger partial charge on any atom is 0.272 e. The largest absolute Gasteiger partial charge is 0.394 e. The topological polar surface area (TPSA) is 95.1 Å². The lowest BCUT2D eigenvalue weighted by Crippen LogP contribution is -2.36. The molecule has 1 unspecified atom stereocenters. The minimum atomic E-state index is -0.427. The number of aromatic amines is 1. The second kappa shape index (κ2) is 4.97. The van der Waals surface area contributed by atoms with Crippen LogP contribution in [0.5, 0.6) is 0 Å². The average Bonchev–Trinajstić information content (AvgIpc) is 2.39. The van der Waals surface area contributed by atoms with Gasteiger partial charge in [-0.2, -0.15) is 5.10 Å². The summed E-state index contributed by atoms with van der Waals surface area (Å²) in [5.74, 6) is -0.427. The molecule has 6 heteroatoms. The maximum atomic E-state index is 11.9. The Morgan fingerprint density at radius 1 is 1.44 bits per heavy atom. The molecule has 2 rings (SSSR count). The Morgan fingerprint density at radius 2 is 2.11 bits per heavy atom. The zero-order valence-electron chi connectivity index (χ0n) is 9.80. The smallest absolute Gasteiger partial charge is 0.272 e. The Labute approximate surface area is 103 Å². The molecule has 18 heavy (non-hydrogen) atoms. The Kier molecular flexibility index (Phi) is 3.38. The summed E-state index contributed by atoms with van der Waals surface area (Å²) < 4.78 is 0. The summed E-state index contributed by atoms with van der Waals surface area (Å²) in [4.78, 5) is 23.5. The van der Waals surface area contributed by atoms with Gasteiger partial charge in [-0.25, -0.2) is 5.10 Å². The van der Waals surface area contributed by atoms with Gasteiger partial charge in [0.05, 0.1) is 12.0 Å². The summed E-state index contributed by atoms with van der Waals surface area (Å²) in [6, 6.07) is 6.37. The van der Waals surface area contributed by atoms with Gasteiger partial charge in [0.2, 0.25) is 0 Å². The molecule has 6 nitrogen and oxygen atoms in total. The SMILES string of the molecule is CC(CO)NC(=O)c1n[nH]c(=O)c2ccccc12. The van der Waals surface area contributed by atoms with Crippen molar-refractivity contribution >= 4 is 16.7 Å². The van der Waals surface area contributed by atoms with Gasteiger partial charge in [0.25, 0.3) is 11.5 Å². The summed E-state index contributed by atoms with van der Waals surface area (Å²) >= 11 is 0. The summed E-state index contributed by atoms with van der Waals surface area (Å²) in [5, 5.41) is 18.4. The van der Waals surface area contributed by atoms with E-state index in [0.29, 0.717) is 10.8 Å². The van der Waals surface area contributed by atoms with Crippen molar-refractivity contribution in [1.29, 1.82) is 0 Å². The number of rotatable bonds is 3. The van der Waals surface area contributed by atoms with Gasteiger partial charge in [0, 0.05) is 11.4 Å². The highest BCUT2D eigenvalue weighted by Gasteiger charge is 2.15. The predicted molar refractivity (Wildman–Crippen MR) is 66.4 cm³/mol. The van der Waals surface area contributed by atoms with Gasteiger partial charge in [0.1, 0.15) is 0 Å². The summed E-state index contributed by atoms with van der Waals surface area (Å²) in [6.45, 7) is 1.51. The zero-order valence-corrected chi connectivity index (χ0v) is 9.80. The molecule has 1 aromatic carbocycles. The van der Waals surface area contributed by atoms with Gasteiger partial charge in [-0.05, 0) is 13.0 Å². The first-order valence-corrected chi connectivity index (χ1v) is 5.52. The molecule has 2 aromatic rings. The molecular formula is C12H13N3O3. The second-order valence-corrected chi connectivity index (χ2v) is 4.00. The summed E-state index contributed by atoms with van der Waals surface area (Å²) in [5.41, 5.74) is -0.192. The number of aliphatic hydroxyl groups is 1. The van der Waals surface area contributed by atoms with E-state index in [0.717, 1.165) is 0 Å². The van der Waals surface area contributed by atoms with Crippen LogP contribution in [-0.4, -0.2) is 33.9 Å². The van der Waals surface area contributed by atoms with Crippen LogP contribution in [0.4, 0.5) is 0 Å². The van der Waals surface area contributed by atoms with Gasteiger partial charge in [-0.15, -0.1) is 0 Å². The lowest BCUT2D eigenvalue weighted by molar-refractivity contribution is 0.0918. The average molecular weight is 247 g/mol. The molecule has 1 atom stereocenters. The number of H-pyrrole nitrogens is 1. The van der Waals surface area contributed by atoms with Crippen LogP contribution in [0.25, 0.3) is 10.8 Å². The van der Waals surface area contributed by atoms with Crippen LogP contribution in [0.2, 0.25) is 0 Å². The Bertz CT molecular complexity index is 636. The van der Waals surface area contributed by atoms with E-state index in [1.54, 1.807) is 31.2 Å². The van der Waals surface area contributed by atoms with Crippen LogP contribution in [0.1, 0.15) is 17.4 Å². The standard InChI is InChI=1S/C12H13N3O3/c1-7(6-16)13-12(18)10-8-4-2-3-5-9(8)11(17)15-14-10/h2-5,7,16H,6H2,1H3,(H,13,18)(H,15,17). The molecule has 1 heterocycles. The number of aliphatic hydroxyl groups excluding tert-OH is 1. The molecule has 94 valence electrons. The van der Waals surface area contributed by atoms with Gasteiger partial charge in [0.15, 0.2) is 5.69 Å². The van der Waals surface area contributed by atoms with Crippen molar-refractivity contribution in [3.8, 4) is 0 Å². The van der Waals surface area contributed by atoms with Crippen LogP contribution in [0.15, 0.2) is 29.1 Å². The van der Waals surface area contributed by atoms with Crippen molar-refractivity contribution in [3.05, 3.63) is 40.3 Å². The quantitative estimate of drug-likeness (QED) is 0.713. The van der Waals surface area contributed by atoms with Crippen molar-refractivity contribution in [2.24, 2.45) is 0 Å². The fraction of sp³-hybridized carbons (Fsp3) is 0.250. The Balaban J connectivity index is 2.49. The first-order valence-electron chi connectivity index (χ1n) is 5.52. The molecule has 0 saturated heterocycles. The number of hydrogen-bond acceptors (Lipinski definition) is 4. The number of nitrogens with one attached hydrogen (secondary N) is 2. The highest BCUT2D eigenvalue weighted by molar-refractivity contribution is 6.04. The molecule has 0 bridgehead atoms. The normalized spacial score (nSPS) is 12.3. The van der Waals surface area contributed by atoms with E-state index in [9.17, 15) is 9.59 Å². The fourth-order valence-corrected chi connectivity index (χ4v) is 1.63. The third-order valence-corrected chi connectivity index (χ3v) is 2.56. The minimum Gasteiger partial charge on any atom is -0.394 e. The van der Waals surface area contributed by atoms with Crippen molar-refractivity contribution in [2.45, 2.75) is 13.0 Å². The maximum absolute atomic E-state index is 11.9. The van der Waals surface area contributed by atoms with Crippen molar-refractivity contribution in [3.63, 3.8) is 0 Å². The van der Waals surface area contributed by atoms with Crippen LogP contribution >= 0.6 is 0 Å². The molecule has 0 fully saturated rings.